The van der Waals surface area contributed by atoms with E-state index in [1.165, 1.54) is 0 Å². The van der Waals surface area contributed by atoms with Gasteiger partial charge in [0.1, 0.15) is 0 Å². The maximum Gasteiger partial charge on any atom is 0.231 e. The van der Waals surface area contributed by atoms with E-state index < -0.39 is 0 Å². The van der Waals surface area contributed by atoms with Gasteiger partial charge in [-0.15, -0.1) is 0 Å². The molecule has 0 spiro atoms. The Kier molecular flexibility index (Phi) is 5.14. The third kappa shape index (κ3) is 3.72. The van der Waals surface area contributed by atoms with Gasteiger partial charge in [0, 0.05) is 38.0 Å². The smallest absolute Gasteiger partial charge is 0.231 e. The standard InChI is InChI=1S/C17H22N2O2/c1-3-4-12-18(2)16(20)9-10-17(21)19-13-11-14-7-5-6-8-15(14)19/h5-8,11,13H,3-4,9-10,12H2,1-2H3. The zero-order valence-electron chi connectivity index (χ0n) is 12.7. The Morgan fingerprint density at radius 1 is 1.14 bits per heavy atom. The molecule has 1 heterocycles. The van der Waals surface area contributed by atoms with Crippen LogP contribution in [0.4, 0.5) is 0 Å². The van der Waals surface area contributed by atoms with Gasteiger partial charge in [0.15, 0.2) is 0 Å². The number of nitrogens with zero attached hydrogens (tertiary/aromatic N) is 2. The molecule has 0 radical (unpaired) electrons. The Labute approximate surface area is 125 Å². The van der Waals surface area contributed by atoms with Crippen molar-refractivity contribution in [1.82, 2.24) is 9.47 Å². The highest BCUT2D eigenvalue weighted by Crippen LogP contribution is 2.16. The number of hydrogen-bond acceptors (Lipinski definition) is 2. The van der Waals surface area contributed by atoms with Gasteiger partial charge in [-0.3, -0.25) is 14.2 Å². The van der Waals surface area contributed by atoms with Gasteiger partial charge in [-0.25, -0.2) is 0 Å². The van der Waals surface area contributed by atoms with Crippen LogP contribution in [0.1, 0.15) is 37.4 Å². The molecule has 0 bridgehead atoms. The van der Waals surface area contributed by atoms with Crippen molar-refractivity contribution in [3.63, 3.8) is 0 Å². The lowest BCUT2D eigenvalue weighted by Crippen LogP contribution is -2.28. The molecule has 4 nitrogen and oxygen atoms in total. The number of benzene rings is 1. The number of hydrogen-bond donors (Lipinski definition) is 0. The molecule has 0 unspecified atom stereocenters. The van der Waals surface area contributed by atoms with E-state index in [0.29, 0.717) is 0 Å². The second-order valence-corrected chi connectivity index (χ2v) is 5.31. The molecule has 112 valence electrons. The first-order valence-corrected chi connectivity index (χ1v) is 7.46. The highest BCUT2D eigenvalue weighted by Gasteiger charge is 2.13. The van der Waals surface area contributed by atoms with E-state index >= 15 is 0 Å². The summed E-state index contributed by atoms with van der Waals surface area (Å²) < 4.78 is 1.63. The molecule has 21 heavy (non-hydrogen) atoms. The summed E-state index contributed by atoms with van der Waals surface area (Å²) in [4.78, 5) is 25.9. The van der Waals surface area contributed by atoms with E-state index in [0.717, 1.165) is 30.3 Å². The largest absolute Gasteiger partial charge is 0.346 e. The molecule has 0 N–H and O–H groups in total. The second-order valence-electron chi connectivity index (χ2n) is 5.31. The number of unbranched alkanes of at least 4 members (excludes halogenated alkanes) is 1. The van der Waals surface area contributed by atoms with Crippen molar-refractivity contribution in [2.45, 2.75) is 32.6 Å². The molecule has 2 aromatic rings. The highest BCUT2D eigenvalue weighted by molar-refractivity contribution is 5.93. The maximum atomic E-state index is 12.3. The topological polar surface area (TPSA) is 42.3 Å². The summed E-state index contributed by atoms with van der Waals surface area (Å²) in [5.41, 5.74) is 0.897. The monoisotopic (exact) mass is 286 g/mol. The van der Waals surface area contributed by atoms with Crippen LogP contribution in [0.25, 0.3) is 10.9 Å². The third-order valence-electron chi connectivity index (χ3n) is 3.69. The van der Waals surface area contributed by atoms with Gasteiger partial charge in [0.2, 0.25) is 11.8 Å². The van der Waals surface area contributed by atoms with E-state index in [-0.39, 0.29) is 24.7 Å². The third-order valence-corrected chi connectivity index (χ3v) is 3.69. The first kappa shape index (κ1) is 15.3. The SMILES string of the molecule is CCCCN(C)C(=O)CCC(=O)n1ccc2ccccc21. The Hall–Kier alpha value is -2.10. The molecule has 0 aliphatic rings. The molecule has 1 aromatic heterocycles. The average molecular weight is 286 g/mol. The van der Waals surface area contributed by atoms with Crippen LogP contribution in [-0.2, 0) is 4.79 Å². The number of para-hydroxylation sites is 1. The summed E-state index contributed by atoms with van der Waals surface area (Å²) in [5, 5.41) is 1.04. The summed E-state index contributed by atoms with van der Waals surface area (Å²) in [5.74, 6) is 0.00158. The number of fused-ring (bicyclic) bond motifs is 1. The number of rotatable bonds is 6. The van der Waals surface area contributed by atoms with Gasteiger partial charge in [-0.1, -0.05) is 31.5 Å². The van der Waals surface area contributed by atoms with Crippen LogP contribution < -0.4 is 0 Å². The molecule has 0 aliphatic carbocycles. The molecule has 1 amide bonds. The first-order chi connectivity index (χ1) is 10.1. The fourth-order valence-corrected chi connectivity index (χ4v) is 2.35. The van der Waals surface area contributed by atoms with Crippen LogP contribution >= 0.6 is 0 Å². The van der Waals surface area contributed by atoms with Crippen LogP contribution in [0.3, 0.4) is 0 Å². The minimum absolute atomic E-state index is 0.0339. The van der Waals surface area contributed by atoms with Crippen molar-refractivity contribution in [3.05, 3.63) is 36.5 Å². The molecule has 4 heteroatoms. The second kappa shape index (κ2) is 7.07. The van der Waals surface area contributed by atoms with Crippen molar-refractivity contribution < 1.29 is 9.59 Å². The fourth-order valence-electron chi connectivity index (χ4n) is 2.35. The van der Waals surface area contributed by atoms with Gasteiger partial charge < -0.3 is 4.90 Å². The Morgan fingerprint density at radius 3 is 2.67 bits per heavy atom. The van der Waals surface area contributed by atoms with E-state index in [2.05, 4.69) is 6.92 Å². The lowest BCUT2D eigenvalue weighted by atomic mass is 10.2. The van der Waals surface area contributed by atoms with Gasteiger partial charge in [0.05, 0.1) is 5.52 Å². The summed E-state index contributed by atoms with van der Waals surface area (Å²) in [6, 6.07) is 9.67. The zero-order valence-corrected chi connectivity index (χ0v) is 12.7. The van der Waals surface area contributed by atoms with Crippen molar-refractivity contribution in [2.24, 2.45) is 0 Å². The lowest BCUT2D eigenvalue weighted by molar-refractivity contribution is -0.129. The fraction of sp³-hybridized carbons (Fsp3) is 0.412. The summed E-state index contributed by atoms with van der Waals surface area (Å²) >= 11 is 0. The minimum atomic E-state index is -0.0339. The highest BCUT2D eigenvalue weighted by atomic mass is 16.2. The van der Waals surface area contributed by atoms with E-state index in [9.17, 15) is 9.59 Å². The molecule has 0 aliphatic heterocycles. The predicted octanol–water partition coefficient (Wildman–Crippen LogP) is 3.32. The van der Waals surface area contributed by atoms with Gasteiger partial charge in [-0.2, -0.15) is 0 Å². The molecule has 0 saturated heterocycles. The molecular weight excluding hydrogens is 264 g/mol. The number of aromatic nitrogens is 1. The molecule has 1 aromatic carbocycles. The van der Waals surface area contributed by atoms with E-state index in [1.54, 1.807) is 22.7 Å². The normalized spacial score (nSPS) is 10.8. The molecule has 0 fully saturated rings. The maximum absolute atomic E-state index is 12.3. The Bertz CT molecular complexity index is 631. The van der Waals surface area contributed by atoms with E-state index in [4.69, 9.17) is 0 Å². The molecule has 0 saturated carbocycles. The predicted molar refractivity (Wildman–Crippen MR) is 84.3 cm³/mol. The first-order valence-electron chi connectivity index (χ1n) is 7.46. The summed E-state index contributed by atoms with van der Waals surface area (Å²) in [6.45, 7) is 2.86. The molecular formula is C17H22N2O2. The van der Waals surface area contributed by atoms with Crippen molar-refractivity contribution in [1.29, 1.82) is 0 Å². The zero-order chi connectivity index (χ0) is 15.2. The number of carbonyl (C=O) groups is 2. The summed E-state index contributed by atoms with van der Waals surface area (Å²) in [7, 11) is 1.80. The summed E-state index contributed by atoms with van der Waals surface area (Å²) in [6.07, 6.45) is 4.35. The lowest BCUT2D eigenvalue weighted by Gasteiger charge is -2.16. The van der Waals surface area contributed by atoms with Gasteiger partial charge in [0.25, 0.3) is 0 Å². The minimum Gasteiger partial charge on any atom is -0.346 e. The number of amides is 1. The van der Waals surface area contributed by atoms with Crippen LogP contribution in [0.5, 0.6) is 0 Å². The number of carbonyl (C=O) groups excluding carboxylic acids is 2. The molecule has 0 atom stereocenters. The van der Waals surface area contributed by atoms with Crippen molar-refractivity contribution >= 4 is 22.7 Å². The van der Waals surface area contributed by atoms with Crippen molar-refractivity contribution in [2.75, 3.05) is 13.6 Å². The average Bonchev–Trinajstić information content (AvgIpc) is 2.93. The van der Waals surface area contributed by atoms with Gasteiger partial charge >= 0.3 is 0 Å². The van der Waals surface area contributed by atoms with Crippen LogP contribution in [-0.4, -0.2) is 34.9 Å². The van der Waals surface area contributed by atoms with Crippen LogP contribution in [0, 0.1) is 0 Å². The quantitative estimate of drug-likeness (QED) is 0.817. The van der Waals surface area contributed by atoms with Gasteiger partial charge in [-0.05, 0) is 18.6 Å². The Morgan fingerprint density at radius 2 is 1.90 bits per heavy atom. The van der Waals surface area contributed by atoms with E-state index in [1.807, 2.05) is 30.3 Å². The van der Waals surface area contributed by atoms with Crippen molar-refractivity contribution in [3.8, 4) is 0 Å². The van der Waals surface area contributed by atoms with Crippen LogP contribution in [0.2, 0.25) is 0 Å². The van der Waals surface area contributed by atoms with Crippen LogP contribution in [0.15, 0.2) is 36.5 Å². The Balaban J connectivity index is 1.94. The molecule has 2 rings (SSSR count).